The summed E-state index contributed by atoms with van der Waals surface area (Å²) in [7, 11) is 0. The van der Waals surface area contributed by atoms with E-state index in [1.54, 1.807) is 6.92 Å². The van der Waals surface area contributed by atoms with Gasteiger partial charge in [-0.1, -0.05) is 13.5 Å². The second-order valence-corrected chi connectivity index (χ2v) is 3.34. The van der Waals surface area contributed by atoms with Gasteiger partial charge in [-0.05, 0) is 26.3 Å². The third-order valence-electron chi connectivity index (χ3n) is 2.12. The Hall–Kier alpha value is -0.670. The van der Waals surface area contributed by atoms with E-state index in [-0.39, 0.29) is 6.42 Å². The number of carbonyl (C=O) groups is 1. The number of carbonyl (C=O) groups excluding carboxylic acids is 1. The van der Waals surface area contributed by atoms with E-state index in [2.05, 4.69) is 6.58 Å². The Labute approximate surface area is 72.7 Å². The lowest BCUT2D eigenvalue weighted by molar-refractivity contribution is -0.161. The molecule has 0 rings (SSSR count). The van der Waals surface area contributed by atoms with Crippen LogP contribution in [0.15, 0.2) is 12.7 Å². The lowest BCUT2D eigenvalue weighted by Gasteiger charge is -2.35. The van der Waals surface area contributed by atoms with Gasteiger partial charge in [-0.25, -0.2) is 0 Å². The highest BCUT2D eigenvalue weighted by atomic mass is 16.4. The van der Waals surface area contributed by atoms with Gasteiger partial charge in [-0.15, -0.1) is 0 Å². The predicted octanol–water partition coefficient (Wildman–Crippen LogP) is 0.653. The molecule has 0 spiro atoms. The van der Waals surface area contributed by atoms with Gasteiger partial charge in [-0.3, -0.25) is 4.79 Å². The molecule has 0 aliphatic heterocycles. The van der Waals surface area contributed by atoms with Crippen molar-refractivity contribution in [1.82, 2.24) is 0 Å². The zero-order chi connectivity index (χ0) is 9.99. The first-order chi connectivity index (χ1) is 5.29. The van der Waals surface area contributed by atoms with Gasteiger partial charge >= 0.3 is 0 Å². The first-order valence-corrected chi connectivity index (χ1v) is 3.91. The van der Waals surface area contributed by atoms with E-state index in [0.717, 1.165) is 6.08 Å². The summed E-state index contributed by atoms with van der Waals surface area (Å²) < 4.78 is 0. The Morgan fingerprint density at radius 3 is 2.00 bits per heavy atom. The second-order valence-electron chi connectivity index (χ2n) is 3.34. The number of ketones is 1. The largest absolute Gasteiger partial charge is 0.387 e. The van der Waals surface area contributed by atoms with Gasteiger partial charge in [0.25, 0.3) is 0 Å². The standard InChI is InChI=1S/C9H16O3/c1-5-7(10)9(12,6-2)8(3,4)11/h5,11-12H,1,6H2,2-4H3. The zero-order valence-corrected chi connectivity index (χ0v) is 7.79. The molecule has 0 aliphatic carbocycles. The fraction of sp³-hybridized carbons (Fsp3) is 0.667. The minimum atomic E-state index is -1.71. The molecule has 70 valence electrons. The normalized spacial score (nSPS) is 16.8. The summed E-state index contributed by atoms with van der Waals surface area (Å²) in [5, 5.41) is 19.3. The van der Waals surface area contributed by atoms with Crippen LogP contribution in [-0.4, -0.2) is 27.2 Å². The first-order valence-electron chi connectivity index (χ1n) is 3.91. The summed E-state index contributed by atoms with van der Waals surface area (Å²) in [4.78, 5) is 11.2. The van der Waals surface area contributed by atoms with Crippen molar-refractivity contribution in [3.63, 3.8) is 0 Å². The lowest BCUT2D eigenvalue weighted by atomic mass is 9.80. The average molecular weight is 172 g/mol. The van der Waals surface area contributed by atoms with E-state index < -0.39 is 17.0 Å². The molecule has 0 radical (unpaired) electrons. The molecule has 0 aromatic rings. The molecule has 1 unspecified atom stereocenters. The van der Waals surface area contributed by atoms with Crippen LogP contribution >= 0.6 is 0 Å². The average Bonchev–Trinajstić information content (AvgIpc) is 1.99. The SMILES string of the molecule is C=CC(=O)C(O)(CC)C(C)(C)O. The van der Waals surface area contributed by atoms with Crippen LogP contribution in [0.3, 0.4) is 0 Å². The van der Waals surface area contributed by atoms with Crippen LogP contribution in [0.5, 0.6) is 0 Å². The van der Waals surface area contributed by atoms with Crippen molar-refractivity contribution >= 4 is 5.78 Å². The summed E-state index contributed by atoms with van der Waals surface area (Å²) >= 11 is 0. The third-order valence-corrected chi connectivity index (χ3v) is 2.12. The van der Waals surface area contributed by atoms with E-state index in [4.69, 9.17) is 0 Å². The third kappa shape index (κ3) is 1.73. The molecular formula is C9H16O3. The van der Waals surface area contributed by atoms with Crippen LogP contribution in [0.4, 0.5) is 0 Å². The number of hydrogen-bond donors (Lipinski definition) is 2. The Kier molecular flexibility index (Phi) is 3.18. The van der Waals surface area contributed by atoms with Crippen LogP contribution in [-0.2, 0) is 4.79 Å². The molecule has 0 amide bonds. The van der Waals surface area contributed by atoms with Crippen molar-refractivity contribution in [2.45, 2.75) is 38.4 Å². The molecule has 2 N–H and O–H groups in total. The van der Waals surface area contributed by atoms with E-state index in [9.17, 15) is 15.0 Å². The van der Waals surface area contributed by atoms with Crippen molar-refractivity contribution in [1.29, 1.82) is 0 Å². The Morgan fingerprint density at radius 1 is 1.50 bits per heavy atom. The van der Waals surface area contributed by atoms with Crippen molar-refractivity contribution in [3.05, 3.63) is 12.7 Å². The maximum absolute atomic E-state index is 11.2. The summed E-state index contributed by atoms with van der Waals surface area (Å²) in [5.74, 6) is -0.544. The minimum Gasteiger partial charge on any atom is -0.387 e. The maximum Gasteiger partial charge on any atom is 0.189 e. The molecule has 0 saturated heterocycles. The molecule has 0 heterocycles. The van der Waals surface area contributed by atoms with Gasteiger partial charge in [0.05, 0.1) is 5.60 Å². The zero-order valence-electron chi connectivity index (χ0n) is 7.79. The van der Waals surface area contributed by atoms with E-state index in [0.29, 0.717) is 0 Å². The monoisotopic (exact) mass is 172 g/mol. The smallest absolute Gasteiger partial charge is 0.189 e. The highest BCUT2D eigenvalue weighted by Gasteiger charge is 2.45. The maximum atomic E-state index is 11.2. The first kappa shape index (κ1) is 11.3. The Bertz CT molecular complexity index is 190. The van der Waals surface area contributed by atoms with Crippen molar-refractivity contribution in [3.8, 4) is 0 Å². The molecule has 0 saturated carbocycles. The van der Waals surface area contributed by atoms with Gasteiger partial charge in [-0.2, -0.15) is 0 Å². The van der Waals surface area contributed by atoms with E-state index in [1.807, 2.05) is 0 Å². The van der Waals surface area contributed by atoms with Crippen LogP contribution in [0, 0.1) is 0 Å². The predicted molar refractivity (Wildman–Crippen MR) is 46.7 cm³/mol. The van der Waals surface area contributed by atoms with Gasteiger partial charge in [0.1, 0.15) is 0 Å². The quantitative estimate of drug-likeness (QED) is 0.612. The van der Waals surface area contributed by atoms with Crippen LogP contribution in [0.1, 0.15) is 27.2 Å². The van der Waals surface area contributed by atoms with Gasteiger partial charge in [0, 0.05) is 0 Å². The van der Waals surface area contributed by atoms with Crippen molar-refractivity contribution in [2.75, 3.05) is 0 Å². The van der Waals surface area contributed by atoms with Crippen LogP contribution < -0.4 is 0 Å². The van der Waals surface area contributed by atoms with E-state index in [1.165, 1.54) is 13.8 Å². The lowest BCUT2D eigenvalue weighted by Crippen LogP contribution is -2.55. The van der Waals surface area contributed by atoms with Gasteiger partial charge < -0.3 is 10.2 Å². The highest BCUT2D eigenvalue weighted by molar-refractivity contribution is 5.97. The molecule has 0 aromatic heterocycles. The fourth-order valence-electron chi connectivity index (χ4n) is 1.08. The number of hydrogen-bond acceptors (Lipinski definition) is 3. The van der Waals surface area contributed by atoms with Gasteiger partial charge in [0.2, 0.25) is 0 Å². The molecule has 0 aromatic carbocycles. The van der Waals surface area contributed by atoms with E-state index >= 15 is 0 Å². The summed E-state index contributed by atoms with van der Waals surface area (Å²) in [6.07, 6.45) is 1.20. The molecule has 3 heteroatoms. The topological polar surface area (TPSA) is 57.5 Å². The van der Waals surface area contributed by atoms with Gasteiger partial charge in [0.15, 0.2) is 11.4 Å². The molecule has 0 fully saturated rings. The number of rotatable bonds is 4. The molecule has 3 nitrogen and oxygen atoms in total. The molecular weight excluding hydrogens is 156 g/mol. The molecule has 12 heavy (non-hydrogen) atoms. The molecule has 0 aliphatic rings. The summed E-state index contributed by atoms with van der Waals surface area (Å²) in [6.45, 7) is 7.71. The minimum absolute atomic E-state index is 0.168. The Morgan fingerprint density at radius 2 is 1.92 bits per heavy atom. The summed E-state index contributed by atoms with van der Waals surface area (Å²) in [5.41, 5.74) is -3.15. The van der Waals surface area contributed by atoms with Crippen molar-refractivity contribution < 1.29 is 15.0 Å². The van der Waals surface area contributed by atoms with Crippen molar-refractivity contribution in [2.24, 2.45) is 0 Å². The molecule has 1 atom stereocenters. The fourth-order valence-corrected chi connectivity index (χ4v) is 1.08. The summed E-state index contributed by atoms with van der Waals surface area (Å²) in [6, 6.07) is 0. The van der Waals surface area contributed by atoms with Crippen LogP contribution in [0.25, 0.3) is 0 Å². The second kappa shape index (κ2) is 3.37. The Balaban J connectivity index is 4.93. The van der Waals surface area contributed by atoms with Crippen LogP contribution in [0.2, 0.25) is 0 Å². The molecule has 0 bridgehead atoms. The number of aliphatic hydroxyl groups is 2. The highest BCUT2D eigenvalue weighted by Crippen LogP contribution is 2.26.